The Hall–Kier alpha value is -2.87. The van der Waals surface area contributed by atoms with E-state index in [1.54, 1.807) is 6.92 Å². The SMILES string of the molecule is C[C@@H]1C(=O)NCCN1C(=O)N[C@H](c1ccc(F)c(Cl)c1F)[C@@H]1COc2ccccc2C1. The molecule has 0 spiro atoms. The Morgan fingerprint density at radius 1 is 1.29 bits per heavy atom. The molecule has 0 radical (unpaired) electrons. The zero-order chi connectivity index (χ0) is 22.1. The molecule has 0 saturated carbocycles. The molecule has 6 nitrogen and oxygen atoms in total. The number of para-hydroxylation sites is 1. The first-order valence-electron chi connectivity index (χ1n) is 10.1. The first-order valence-corrected chi connectivity index (χ1v) is 10.4. The van der Waals surface area contributed by atoms with Crippen molar-refractivity contribution in [3.63, 3.8) is 0 Å². The number of urea groups is 1. The van der Waals surface area contributed by atoms with E-state index in [0.717, 1.165) is 17.4 Å². The Morgan fingerprint density at radius 2 is 2.06 bits per heavy atom. The lowest BCUT2D eigenvalue weighted by atomic mass is 9.86. The topological polar surface area (TPSA) is 70.7 Å². The average molecular weight is 450 g/mol. The summed E-state index contributed by atoms with van der Waals surface area (Å²) in [5, 5.41) is 4.92. The molecule has 0 bridgehead atoms. The van der Waals surface area contributed by atoms with Gasteiger partial charge in [-0.2, -0.15) is 0 Å². The smallest absolute Gasteiger partial charge is 0.318 e. The molecule has 0 unspecified atom stereocenters. The van der Waals surface area contributed by atoms with Gasteiger partial charge in [-0.1, -0.05) is 35.9 Å². The van der Waals surface area contributed by atoms with Gasteiger partial charge in [0, 0.05) is 24.6 Å². The van der Waals surface area contributed by atoms with E-state index in [-0.39, 0.29) is 24.0 Å². The maximum atomic E-state index is 15.0. The number of ether oxygens (including phenoxy) is 1. The highest BCUT2D eigenvalue weighted by molar-refractivity contribution is 6.31. The monoisotopic (exact) mass is 449 g/mol. The van der Waals surface area contributed by atoms with E-state index in [2.05, 4.69) is 10.6 Å². The third-order valence-corrected chi connectivity index (χ3v) is 6.16. The molecular formula is C22H22ClF2N3O3. The first-order chi connectivity index (χ1) is 14.9. The molecule has 2 aromatic rings. The van der Waals surface area contributed by atoms with Gasteiger partial charge in [-0.05, 0) is 31.0 Å². The second-order valence-electron chi connectivity index (χ2n) is 7.74. The van der Waals surface area contributed by atoms with E-state index in [1.165, 1.54) is 11.0 Å². The van der Waals surface area contributed by atoms with Crippen LogP contribution in [0.4, 0.5) is 13.6 Å². The fourth-order valence-electron chi connectivity index (χ4n) is 4.07. The molecule has 3 atom stereocenters. The van der Waals surface area contributed by atoms with Gasteiger partial charge in [-0.25, -0.2) is 13.6 Å². The number of benzene rings is 2. The molecule has 2 aromatic carbocycles. The summed E-state index contributed by atoms with van der Waals surface area (Å²) in [6.45, 7) is 2.50. The van der Waals surface area contributed by atoms with E-state index in [4.69, 9.17) is 16.3 Å². The molecule has 2 N–H and O–H groups in total. The Morgan fingerprint density at radius 3 is 2.87 bits per heavy atom. The van der Waals surface area contributed by atoms with Crippen LogP contribution in [0.25, 0.3) is 0 Å². The summed E-state index contributed by atoms with van der Waals surface area (Å²) in [6, 6.07) is 7.85. The molecular weight excluding hydrogens is 428 g/mol. The quantitative estimate of drug-likeness (QED) is 0.705. The van der Waals surface area contributed by atoms with E-state index >= 15 is 0 Å². The van der Waals surface area contributed by atoms with Gasteiger partial charge in [0.15, 0.2) is 0 Å². The number of carbonyl (C=O) groups is 2. The van der Waals surface area contributed by atoms with Crippen LogP contribution in [0.15, 0.2) is 36.4 Å². The van der Waals surface area contributed by atoms with Crippen LogP contribution in [0, 0.1) is 17.6 Å². The summed E-state index contributed by atoms with van der Waals surface area (Å²) in [7, 11) is 0. The molecule has 2 aliphatic rings. The molecule has 0 aliphatic carbocycles. The number of nitrogens with one attached hydrogen (secondary N) is 2. The van der Waals surface area contributed by atoms with E-state index in [0.29, 0.717) is 19.5 Å². The highest BCUT2D eigenvalue weighted by Gasteiger charge is 2.36. The molecule has 1 fully saturated rings. The van der Waals surface area contributed by atoms with Gasteiger partial charge in [-0.15, -0.1) is 0 Å². The minimum Gasteiger partial charge on any atom is -0.493 e. The Labute approximate surface area is 183 Å². The van der Waals surface area contributed by atoms with Gasteiger partial charge in [0.05, 0.1) is 12.6 Å². The summed E-state index contributed by atoms with van der Waals surface area (Å²) in [5.41, 5.74) is 0.999. The van der Waals surface area contributed by atoms with Crippen molar-refractivity contribution in [3.8, 4) is 5.75 Å². The fraction of sp³-hybridized carbons (Fsp3) is 0.364. The second-order valence-corrected chi connectivity index (χ2v) is 8.11. The van der Waals surface area contributed by atoms with Crippen molar-refractivity contribution in [3.05, 3.63) is 64.2 Å². The standard InChI is InChI=1S/C22H22ClF2N3O3/c1-12-21(29)26-8-9-28(12)22(30)27-20(15-6-7-16(24)18(23)19(15)25)14-10-13-4-2-3-5-17(13)31-11-14/h2-7,12,14,20H,8-11H2,1H3,(H,26,29)(H,27,30)/t12-,14+,20+/m1/s1. The Bertz CT molecular complexity index is 1020. The number of carbonyl (C=O) groups excluding carboxylic acids is 2. The van der Waals surface area contributed by atoms with Crippen molar-refractivity contribution in [1.29, 1.82) is 0 Å². The van der Waals surface area contributed by atoms with E-state index in [1.807, 2.05) is 24.3 Å². The summed E-state index contributed by atoms with van der Waals surface area (Å²) in [6.07, 6.45) is 0.519. The highest BCUT2D eigenvalue weighted by atomic mass is 35.5. The summed E-state index contributed by atoms with van der Waals surface area (Å²) in [5.74, 6) is -1.65. The van der Waals surface area contributed by atoms with Gasteiger partial charge in [-0.3, -0.25) is 4.79 Å². The number of amides is 3. The predicted molar refractivity (Wildman–Crippen MR) is 111 cm³/mol. The number of rotatable bonds is 3. The summed E-state index contributed by atoms with van der Waals surface area (Å²) >= 11 is 5.82. The van der Waals surface area contributed by atoms with Crippen molar-refractivity contribution >= 4 is 23.5 Å². The minimum atomic E-state index is -0.921. The molecule has 1 saturated heterocycles. The van der Waals surface area contributed by atoms with Crippen molar-refractivity contribution in [2.75, 3.05) is 19.7 Å². The number of hydrogen-bond donors (Lipinski definition) is 2. The zero-order valence-electron chi connectivity index (χ0n) is 16.8. The lowest BCUT2D eigenvalue weighted by Crippen LogP contribution is -2.59. The normalized spacial score (nSPS) is 21.5. The summed E-state index contributed by atoms with van der Waals surface area (Å²) < 4.78 is 34.6. The lowest BCUT2D eigenvalue weighted by Gasteiger charge is -2.37. The molecule has 0 aromatic heterocycles. The van der Waals surface area contributed by atoms with Gasteiger partial charge in [0.1, 0.15) is 28.4 Å². The number of piperazine rings is 1. The summed E-state index contributed by atoms with van der Waals surface area (Å²) in [4.78, 5) is 26.4. The maximum Gasteiger partial charge on any atom is 0.318 e. The molecule has 2 aliphatic heterocycles. The number of fused-ring (bicyclic) bond motifs is 1. The Balaban J connectivity index is 1.66. The largest absolute Gasteiger partial charge is 0.493 e. The van der Waals surface area contributed by atoms with E-state index < -0.39 is 34.8 Å². The highest BCUT2D eigenvalue weighted by Crippen LogP contribution is 2.36. The molecule has 4 rings (SSSR count). The zero-order valence-corrected chi connectivity index (χ0v) is 17.6. The van der Waals surface area contributed by atoms with Gasteiger partial charge < -0.3 is 20.3 Å². The van der Waals surface area contributed by atoms with Crippen molar-refractivity contribution < 1.29 is 23.1 Å². The van der Waals surface area contributed by atoms with Crippen molar-refractivity contribution in [1.82, 2.24) is 15.5 Å². The minimum absolute atomic E-state index is 0.0712. The van der Waals surface area contributed by atoms with Crippen LogP contribution in [-0.4, -0.2) is 42.6 Å². The third kappa shape index (κ3) is 4.17. The molecule has 2 heterocycles. The average Bonchev–Trinajstić information content (AvgIpc) is 2.78. The van der Waals surface area contributed by atoms with Crippen LogP contribution >= 0.6 is 11.6 Å². The molecule has 31 heavy (non-hydrogen) atoms. The van der Waals surface area contributed by atoms with Gasteiger partial charge >= 0.3 is 6.03 Å². The van der Waals surface area contributed by atoms with Crippen LogP contribution in [0.5, 0.6) is 5.75 Å². The van der Waals surface area contributed by atoms with Crippen molar-refractivity contribution in [2.45, 2.75) is 25.4 Å². The van der Waals surface area contributed by atoms with Crippen LogP contribution < -0.4 is 15.4 Å². The molecule has 3 amide bonds. The van der Waals surface area contributed by atoms with Gasteiger partial charge in [0.2, 0.25) is 5.91 Å². The second kappa shape index (κ2) is 8.70. The van der Waals surface area contributed by atoms with Crippen LogP contribution in [0.3, 0.4) is 0 Å². The van der Waals surface area contributed by atoms with Crippen LogP contribution in [-0.2, 0) is 11.2 Å². The predicted octanol–water partition coefficient (Wildman–Crippen LogP) is 3.44. The maximum absolute atomic E-state index is 15.0. The fourth-order valence-corrected chi connectivity index (χ4v) is 4.24. The molecule has 9 heteroatoms. The molecule has 164 valence electrons. The van der Waals surface area contributed by atoms with Crippen LogP contribution in [0.2, 0.25) is 5.02 Å². The third-order valence-electron chi connectivity index (χ3n) is 5.82. The lowest BCUT2D eigenvalue weighted by molar-refractivity contribution is -0.126. The number of nitrogens with zero attached hydrogens (tertiary/aromatic N) is 1. The van der Waals surface area contributed by atoms with Crippen molar-refractivity contribution in [2.24, 2.45) is 5.92 Å². The van der Waals surface area contributed by atoms with E-state index in [9.17, 15) is 18.4 Å². The Kier molecular flexibility index (Phi) is 6.00. The number of halogens is 3. The van der Waals surface area contributed by atoms with Gasteiger partial charge in [0.25, 0.3) is 0 Å². The van der Waals surface area contributed by atoms with Crippen LogP contribution in [0.1, 0.15) is 24.1 Å². The number of hydrogen-bond acceptors (Lipinski definition) is 3. The first kappa shape index (κ1) is 21.4.